The van der Waals surface area contributed by atoms with Crippen molar-refractivity contribution in [3.05, 3.63) is 40.4 Å². The Morgan fingerprint density at radius 1 is 1.25 bits per heavy atom. The number of nitro benzene ring substituents is 1. The summed E-state index contributed by atoms with van der Waals surface area (Å²) in [5.41, 5.74) is 0.137. The topological polar surface area (TPSA) is 58.4 Å². The van der Waals surface area contributed by atoms with E-state index in [1.165, 1.54) is 25.2 Å². The maximum atomic E-state index is 10.0. The first-order valence-electron chi connectivity index (χ1n) is 5.29. The van der Waals surface area contributed by atoms with E-state index < -0.39 is 4.92 Å². The van der Waals surface area contributed by atoms with Crippen LogP contribution in [0, 0.1) is 10.1 Å². The quantitative estimate of drug-likeness (QED) is 0.572. The zero-order chi connectivity index (χ0) is 11.8. The van der Waals surface area contributed by atoms with Gasteiger partial charge in [0, 0.05) is 38.3 Å². The van der Waals surface area contributed by atoms with E-state index in [0.717, 1.165) is 13.1 Å². The number of nitro groups is 1. The lowest BCUT2D eigenvalue weighted by molar-refractivity contribution is -0.384. The molecule has 1 aromatic carbocycles. The van der Waals surface area contributed by atoms with Gasteiger partial charge in [-0.2, -0.15) is 0 Å². The third kappa shape index (κ3) is 4.86. The Labute approximate surface area is 95.2 Å². The second-order valence-corrected chi connectivity index (χ2v) is 3.65. The van der Waals surface area contributed by atoms with E-state index in [1.54, 1.807) is 18.2 Å². The maximum absolute atomic E-state index is 10.0. The molecule has 0 saturated carbocycles. The average Bonchev–Trinajstić information content (AvgIpc) is 2.32. The van der Waals surface area contributed by atoms with Crippen LogP contribution in [-0.4, -0.2) is 43.0 Å². The summed E-state index contributed by atoms with van der Waals surface area (Å²) in [5, 5.41) is 13.3. The van der Waals surface area contributed by atoms with Gasteiger partial charge in [-0.3, -0.25) is 10.1 Å². The molecule has 1 N–H and O–H groups in total. The number of hydrogen-bond acceptors (Lipinski definition) is 4. The number of non-ortho nitro benzene ring substituents is 1. The number of nitrogens with zero attached hydrogens (tertiary/aromatic N) is 2. The van der Waals surface area contributed by atoms with Crippen molar-refractivity contribution in [2.24, 2.45) is 0 Å². The van der Waals surface area contributed by atoms with Gasteiger partial charge in [-0.25, -0.2) is 0 Å². The van der Waals surface area contributed by atoms with Crippen molar-refractivity contribution in [1.29, 1.82) is 0 Å². The fourth-order valence-corrected chi connectivity index (χ4v) is 1.33. The molecular weight excluding hydrogens is 206 g/mol. The molecule has 0 aromatic heterocycles. The molecule has 0 spiro atoms. The van der Waals surface area contributed by atoms with E-state index in [0.29, 0.717) is 0 Å². The van der Waals surface area contributed by atoms with Crippen LogP contribution in [0.2, 0.25) is 0 Å². The van der Waals surface area contributed by atoms with Crippen LogP contribution in [0.3, 0.4) is 0 Å². The minimum Gasteiger partial charge on any atom is -0.314 e. The molecule has 1 aliphatic rings. The lowest BCUT2D eigenvalue weighted by atomic mass is 10.3. The van der Waals surface area contributed by atoms with Crippen molar-refractivity contribution >= 4 is 5.69 Å². The first-order chi connectivity index (χ1) is 7.70. The number of likely N-dealkylation sites (N-methyl/N-ethyl adjacent to an activating group) is 1. The molecule has 16 heavy (non-hydrogen) atoms. The van der Waals surface area contributed by atoms with Crippen molar-refractivity contribution in [1.82, 2.24) is 10.2 Å². The standard InChI is InChI=1S/C6H5NO2.C5H12N2/c8-7(9)6-4-2-1-3-5-6;1-7-4-2-6-3-5-7/h1-5H;6H,2-5H2,1H3. The Morgan fingerprint density at radius 2 is 1.81 bits per heavy atom. The predicted octanol–water partition coefficient (Wildman–Crippen LogP) is 1.12. The molecule has 1 saturated heterocycles. The van der Waals surface area contributed by atoms with Gasteiger partial charge in [0.05, 0.1) is 4.92 Å². The number of nitrogens with one attached hydrogen (secondary N) is 1. The van der Waals surface area contributed by atoms with E-state index in [9.17, 15) is 10.1 Å². The van der Waals surface area contributed by atoms with E-state index >= 15 is 0 Å². The molecule has 0 atom stereocenters. The average molecular weight is 223 g/mol. The zero-order valence-corrected chi connectivity index (χ0v) is 9.43. The fourth-order valence-electron chi connectivity index (χ4n) is 1.33. The summed E-state index contributed by atoms with van der Waals surface area (Å²) in [6, 6.07) is 7.93. The zero-order valence-electron chi connectivity index (χ0n) is 9.43. The molecule has 0 bridgehead atoms. The Hall–Kier alpha value is -1.46. The van der Waals surface area contributed by atoms with Gasteiger partial charge in [0.1, 0.15) is 0 Å². The first-order valence-corrected chi connectivity index (χ1v) is 5.29. The van der Waals surface area contributed by atoms with E-state index in [2.05, 4.69) is 17.3 Å². The van der Waals surface area contributed by atoms with Gasteiger partial charge in [-0.05, 0) is 7.05 Å². The highest BCUT2D eigenvalue weighted by atomic mass is 16.6. The minimum atomic E-state index is -0.417. The SMILES string of the molecule is CN1CCNCC1.O=[N+]([O-])c1ccccc1. The van der Waals surface area contributed by atoms with Gasteiger partial charge in [0.25, 0.3) is 5.69 Å². The Bertz CT molecular complexity index is 310. The Balaban J connectivity index is 0.000000165. The molecule has 0 amide bonds. The van der Waals surface area contributed by atoms with Crippen LogP contribution < -0.4 is 5.32 Å². The lowest BCUT2D eigenvalue weighted by Gasteiger charge is -2.21. The van der Waals surface area contributed by atoms with Gasteiger partial charge >= 0.3 is 0 Å². The van der Waals surface area contributed by atoms with Crippen molar-refractivity contribution < 1.29 is 4.92 Å². The van der Waals surface area contributed by atoms with Crippen molar-refractivity contribution in [2.45, 2.75) is 0 Å². The normalized spacial score (nSPS) is 16.1. The summed E-state index contributed by atoms with van der Waals surface area (Å²) in [6.45, 7) is 4.74. The Morgan fingerprint density at radius 3 is 2.12 bits per heavy atom. The van der Waals surface area contributed by atoms with Crippen LogP contribution >= 0.6 is 0 Å². The highest BCUT2D eigenvalue weighted by molar-refractivity contribution is 5.27. The third-order valence-corrected chi connectivity index (χ3v) is 2.31. The fraction of sp³-hybridized carbons (Fsp3) is 0.455. The minimum absolute atomic E-state index is 0.137. The molecule has 1 aliphatic heterocycles. The molecule has 2 rings (SSSR count). The van der Waals surface area contributed by atoms with E-state index in [-0.39, 0.29) is 5.69 Å². The summed E-state index contributed by atoms with van der Waals surface area (Å²) in [5.74, 6) is 0. The molecule has 5 nitrogen and oxygen atoms in total. The predicted molar refractivity (Wildman–Crippen MR) is 63.5 cm³/mol. The second kappa shape index (κ2) is 6.92. The molecule has 1 aromatic rings. The Kier molecular flexibility index (Phi) is 5.45. The van der Waals surface area contributed by atoms with Gasteiger partial charge in [-0.1, -0.05) is 18.2 Å². The first kappa shape index (κ1) is 12.6. The number of benzene rings is 1. The number of hydrogen-bond donors (Lipinski definition) is 1. The molecule has 0 aliphatic carbocycles. The van der Waals surface area contributed by atoms with Gasteiger partial charge < -0.3 is 10.2 Å². The summed E-state index contributed by atoms with van der Waals surface area (Å²) in [6.07, 6.45) is 0. The van der Waals surface area contributed by atoms with E-state index in [4.69, 9.17) is 0 Å². The van der Waals surface area contributed by atoms with Crippen LogP contribution in [0.1, 0.15) is 0 Å². The number of piperazine rings is 1. The summed E-state index contributed by atoms with van der Waals surface area (Å²) in [7, 11) is 2.15. The molecule has 1 heterocycles. The highest BCUT2D eigenvalue weighted by Gasteiger charge is 2.01. The van der Waals surface area contributed by atoms with Gasteiger partial charge in [0.15, 0.2) is 0 Å². The van der Waals surface area contributed by atoms with E-state index in [1.807, 2.05) is 0 Å². The third-order valence-electron chi connectivity index (χ3n) is 2.31. The molecule has 1 fully saturated rings. The van der Waals surface area contributed by atoms with Crippen LogP contribution in [-0.2, 0) is 0 Å². The second-order valence-electron chi connectivity index (χ2n) is 3.65. The monoisotopic (exact) mass is 223 g/mol. The van der Waals surface area contributed by atoms with Crippen molar-refractivity contribution in [3.8, 4) is 0 Å². The molecule has 0 radical (unpaired) electrons. The largest absolute Gasteiger partial charge is 0.314 e. The smallest absolute Gasteiger partial charge is 0.269 e. The molecular formula is C11H17N3O2. The van der Waals surface area contributed by atoms with Crippen molar-refractivity contribution in [2.75, 3.05) is 33.2 Å². The summed E-state index contributed by atoms with van der Waals surface area (Å²) >= 11 is 0. The number of rotatable bonds is 1. The summed E-state index contributed by atoms with van der Waals surface area (Å²) in [4.78, 5) is 11.9. The molecule has 0 unspecified atom stereocenters. The maximum Gasteiger partial charge on any atom is 0.269 e. The number of para-hydroxylation sites is 1. The molecule has 88 valence electrons. The lowest BCUT2D eigenvalue weighted by Crippen LogP contribution is -2.40. The van der Waals surface area contributed by atoms with Crippen LogP contribution in [0.25, 0.3) is 0 Å². The van der Waals surface area contributed by atoms with Gasteiger partial charge in [-0.15, -0.1) is 0 Å². The van der Waals surface area contributed by atoms with Crippen LogP contribution in [0.15, 0.2) is 30.3 Å². The molecule has 5 heteroatoms. The van der Waals surface area contributed by atoms with Gasteiger partial charge in [0.2, 0.25) is 0 Å². The summed E-state index contributed by atoms with van der Waals surface area (Å²) < 4.78 is 0. The van der Waals surface area contributed by atoms with Crippen molar-refractivity contribution in [3.63, 3.8) is 0 Å². The highest BCUT2D eigenvalue weighted by Crippen LogP contribution is 2.06. The van der Waals surface area contributed by atoms with Crippen LogP contribution in [0.5, 0.6) is 0 Å². The van der Waals surface area contributed by atoms with Crippen LogP contribution in [0.4, 0.5) is 5.69 Å².